The van der Waals surface area contributed by atoms with Crippen LogP contribution in [0.1, 0.15) is 64.7 Å². The summed E-state index contributed by atoms with van der Waals surface area (Å²) in [5, 5.41) is 0. The van der Waals surface area contributed by atoms with Crippen molar-refractivity contribution in [2.24, 2.45) is 0 Å². The summed E-state index contributed by atoms with van der Waals surface area (Å²) in [6.45, 7) is 0. The number of ether oxygens (including phenoxy) is 2. The third-order valence-electron chi connectivity index (χ3n) is 6.81. The van der Waals surface area contributed by atoms with Crippen molar-refractivity contribution in [1.82, 2.24) is 0 Å². The Morgan fingerprint density at radius 1 is 0.730 bits per heavy atom. The van der Waals surface area contributed by atoms with Gasteiger partial charge in [0.05, 0.1) is 23.8 Å². The van der Waals surface area contributed by atoms with Crippen molar-refractivity contribution < 1.29 is 40.6 Å². The molecule has 0 N–H and O–H groups in total. The van der Waals surface area contributed by atoms with Gasteiger partial charge in [0.25, 0.3) is 0 Å². The lowest BCUT2D eigenvalue weighted by atomic mass is 9.65. The van der Waals surface area contributed by atoms with E-state index < -0.39 is 40.6 Å². The van der Waals surface area contributed by atoms with Crippen LogP contribution in [0.4, 0.5) is 26.3 Å². The predicted molar refractivity (Wildman–Crippen MR) is 125 cm³/mol. The molecule has 4 rings (SSSR count). The Balaban J connectivity index is 1.83. The van der Waals surface area contributed by atoms with E-state index in [2.05, 4.69) is 0 Å². The number of hydrogen-bond acceptors (Lipinski definition) is 3. The zero-order chi connectivity index (χ0) is 26.8. The molecule has 0 spiro atoms. The second-order valence-corrected chi connectivity index (χ2v) is 9.02. The molecule has 0 radical (unpaired) electrons. The predicted octanol–water partition coefficient (Wildman–Crippen LogP) is 8.20. The van der Waals surface area contributed by atoms with Gasteiger partial charge in [-0.1, -0.05) is 49.6 Å². The fourth-order valence-electron chi connectivity index (χ4n) is 5.00. The van der Waals surface area contributed by atoms with Crippen LogP contribution < -0.4 is 9.47 Å². The van der Waals surface area contributed by atoms with E-state index in [0.717, 1.165) is 31.7 Å². The number of hydrogen-bond donors (Lipinski definition) is 0. The highest BCUT2D eigenvalue weighted by atomic mass is 19.4. The number of methoxy groups -OCH3 is 1. The first-order valence-corrected chi connectivity index (χ1v) is 11.7. The van der Waals surface area contributed by atoms with Gasteiger partial charge in [-0.25, -0.2) is 4.79 Å². The number of carbonyl (C=O) groups excluding carboxylic acids is 1. The molecule has 0 aliphatic heterocycles. The maximum atomic E-state index is 14.1. The summed E-state index contributed by atoms with van der Waals surface area (Å²) in [5.41, 5.74) is -2.65. The minimum Gasteiger partial charge on any atom is -0.496 e. The summed E-state index contributed by atoms with van der Waals surface area (Å²) < 4.78 is 93.7. The van der Waals surface area contributed by atoms with Crippen LogP contribution in [0.3, 0.4) is 0 Å². The summed E-state index contributed by atoms with van der Waals surface area (Å²) in [4.78, 5) is 12.4. The molecule has 3 aromatic rings. The highest BCUT2D eigenvalue weighted by Crippen LogP contribution is 2.49. The fraction of sp³-hybridized carbons (Fsp3) is 0.321. The van der Waals surface area contributed by atoms with E-state index in [0.29, 0.717) is 25.7 Å². The van der Waals surface area contributed by atoms with Crippen LogP contribution in [-0.2, 0) is 17.8 Å². The van der Waals surface area contributed by atoms with Gasteiger partial charge in [0.1, 0.15) is 11.5 Å². The molecule has 0 unspecified atom stereocenters. The van der Waals surface area contributed by atoms with Crippen LogP contribution >= 0.6 is 0 Å². The van der Waals surface area contributed by atoms with Crippen molar-refractivity contribution in [3.63, 3.8) is 0 Å². The van der Waals surface area contributed by atoms with Crippen LogP contribution in [0.15, 0.2) is 66.7 Å². The second kappa shape index (κ2) is 10.1. The van der Waals surface area contributed by atoms with Gasteiger partial charge in [-0.05, 0) is 60.4 Å². The fourth-order valence-corrected chi connectivity index (χ4v) is 5.00. The molecule has 196 valence electrons. The van der Waals surface area contributed by atoms with Crippen LogP contribution in [0.25, 0.3) is 0 Å². The molecule has 1 fully saturated rings. The molecule has 37 heavy (non-hydrogen) atoms. The van der Waals surface area contributed by atoms with Gasteiger partial charge in [-0.15, -0.1) is 0 Å². The highest BCUT2D eigenvalue weighted by Gasteiger charge is 2.42. The van der Waals surface area contributed by atoms with Gasteiger partial charge in [-0.2, -0.15) is 26.3 Å². The minimum absolute atomic E-state index is 0.0846. The summed E-state index contributed by atoms with van der Waals surface area (Å²) >= 11 is 0. The summed E-state index contributed by atoms with van der Waals surface area (Å²) in [7, 11) is 1.13. The van der Waals surface area contributed by atoms with Gasteiger partial charge in [0.15, 0.2) is 0 Å². The normalized spacial score (nSPS) is 15.8. The Morgan fingerprint density at radius 2 is 1.24 bits per heavy atom. The number of halogens is 6. The van der Waals surface area contributed by atoms with Gasteiger partial charge < -0.3 is 9.47 Å². The Bertz CT molecular complexity index is 1260. The van der Waals surface area contributed by atoms with E-state index in [1.165, 1.54) is 30.3 Å². The SMILES string of the molecule is COc1ccc(C2(c3ccc(OC(=O)c4ccccc4)c(C(F)(F)F)c3)CCCCC2)cc1C(F)(F)F. The average molecular weight is 522 g/mol. The number of esters is 1. The van der Waals surface area contributed by atoms with Crippen molar-refractivity contribution in [3.05, 3.63) is 94.5 Å². The molecule has 0 amide bonds. The molecule has 0 bridgehead atoms. The Hall–Kier alpha value is -3.49. The van der Waals surface area contributed by atoms with E-state index in [4.69, 9.17) is 9.47 Å². The van der Waals surface area contributed by atoms with E-state index >= 15 is 0 Å². The molecular formula is C28H24F6O3. The molecule has 1 aliphatic rings. The first kappa shape index (κ1) is 26.6. The number of carbonyl (C=O) groups is 1. The van der Waals surface area contributed by atoms with Crippen LogP contribution in [0.5, 0.6) is 11.5 Å². The molecule has 1 saturated carbocycles. The Labute approximate surface area is 210 Å². The van der Waals surface area contributed by atoms with Gasteiger partial charge in [-0.3, -0.25) is 0 Å². The van der Waals surface area contributed by atoms with Gasteiger partial charge in [0.2, 0.25) is 0 Å². The molecule has 0 aromatic heterocycles. The first-order valence-electron chi connectivity index (χ1n) is 11.7. The summed E-state index contributed by atoms with van der Waals surface area (Å²) in [6.07, 6.45) is -6.73. The van der Waals surface area contributed by atoms with Gasteiger partial charge in [0, 0.05) is 5.41 Å². The Morgan fingerprint density at radius 3 is 1.76 bits per heavy atom. The second-order valence-electron chi connectivity index (χ2n) is 9.02. The first-order chi connectivity index (χ1) is 17.5. The zero-order valence-corrected chi connectivity index (χ0v) is 19.9. The zero-order valence-electron chi connectivity index (χ0n) is 19.9. The van der Waals surface area contributed by atoms with Crippen molar-refractivity contribution in [3.8, 4) is 11.5 Å². The average Bonchev–Trinajstić information content (AvgIpc) is 2.88. The summed E-state index contributed by atoms with van der Waals surface area (Å²) in [6, 6.07) is 14.6. The number of benzene rings is 3. The van der Waals surface area contributed by atoms with E-state index in [1.807, 2.05) is 0 Å². The topological polar surface area (TPSA) is 35.5 Å². The molecule has 9 heteroatoms. The third kappa shape index (κ3) is 5.45. The maximum Gasteiger partial charge on any atom is 0.419 e. The number of rotatable bonds is 5. The lowest BCUT2D eigenvalue weighted by Gasteiger charge is -2.39. The van der Waals surface area contributed by atoms with Crippen molar-refractivity contribution in [2.45, 2.75) is 49.9 Å². The molecule has 0 saturated heterocycles. The number of alkyl halides is 6. The maximum absolute atomic E-state index is 14.1. The third-order valence-corrected chi connectivity index (χ3v) is 6.81. The lowest BCUT2D eigenvalue weighted by molar-refractivity contribution is -0.139. The van der Waals surface area contributed by atoms with E-state index in [1.54, 1.807) is 18.2 Å². The van der Waals surface area contributed by atoms with Crippen molar-refractivity contribution in [2.75, 3.05) is 7.11 Å². The van der Waals surface area contributed by atoms with E-state index in [-0.39, 0.29) is 22.4 Å². The molecule has 0 atom stereocenters. The van der Waals surface area contributed by atoms with Crippen LogP contribution in [0.2, 0.25) is 0 Å². The monoisotopic (exact) mass is 522 g/mol. The smallest absolute Gasteiger partial charge is 0.419 e. The molecular weight excluding hydrogens is 498 g/mol. The van der Waals surface area contributed by atoms with Crippen LogP contribution in [-0.4, -0.2) is 13.1 Å². The quantitative estimate of drug-likeness (QED) is 0.193. The highest BCUT2D eigenvalue weighted by molar-refractivity contribution is 5.91. The van der Waals surface area contributed by atoms with E-state index in [9.17, 15) is 31.1 Å². The largest absolute Gasteiger partial charge is 0.496 e. The minimum atomic E-state index is -4.87. The van der Waals surface area contributed by atoms with Gasteiger partial charge >= 0.3 is 18.3 Å². The molecule has 3 aromatic carbocycles. The van der Waals surface area contributed by atoms with Crippen LogP contribution in [0, 0.1) is 0 Å². The molecule has 3 nitrogen and oxygen atoms in total. The van der Waals surface area contributed by atoms with Crippen molar-refractivity contribution in [1.29, 1.82) is 0 Å². The Kier molecular flexibility index (Phi) is 7.26. The lowest BCUT2D eigenvalue weighted by Crippen LogP contribution is -2.31. The molecule has 0 heterocycles. The molecule has 1 aliphatic carbocycles. The standard InChI is InChI=1S/C28H24F6O3/c1-36-23-12-10-19(16-21(23)27(29,30)31)26(14-6-3-7-15-26)20-11-13-24(22(17-20)28(32,33)34)37-25(35)18-8-4-2-5-9-18/h2,4-5,8-13,16-17H,3,6-7,14-15H2,1H3. The summed E-state index contributed by atoms with van der Waals surface area (Å²) in [5.74, 6) is -1.97. The van der Waals surface area contributed by atoms with Crippen molar-refractivity contribution >= 4 is 5.97 Å².